The van der Waals surface area contributed by atoms with Crippen molar-refractivity contribution >= 4 is 0 Å². The van der Waals surface area contributed by atoms with E-state index in [9.17, 15) is 0 Å². The molecule has 0 bridgehead atoms. The molecule has 0 amide bonds. The zero-order valence-electron chi connectivity index (χ0n) is 45.1. The van der Waals surface area contributed by atoms with Crippen LogP contribution in [0.5, 0.6) is 0 Å². The van der Waals surface area contributed by atoms with Gasteiger partial charge in [-0.15, -0.1) is 0 Å². The fourth-order valence-corrected chi connectivity index (χ4v) is 10.2. The number of nitrogens with zero attached hydrogens (tertiary/aromatic N) is 1. The van der Waals surface area contributed by atoms with Crippen LogP contribution >= 0.6 is 0 Å². The van der Waals surface area contributed by atoms with Gasteiger partial charge in [0.15, 0.2) is 0 Å². The Kier molecular flexibility index (Phi) is 52.6. The van der Waals surface area contributed by atoms with Gasteiger partial charge in [-0.1, -0.05) is 353 Å². The van der Waals surface area contributed by atoms with Gasteiger partial charge in [-0.2, -0.15) is 0 Å². The van der Waals surface area contributed by atoms with Gasteiger partial charge in [0.2, 0.25) is 0 Å². The number of hydrogen-bond acceptors (Lipinski definition) is 0. The Labute approximate surface area is 412 Å². The van der Waals surface area contributed by atoms with E-state index in [0.717, 1.165) is 5.70 Å². The summed E-state index contributed by atoms with van der Waals surface area (Å²) < 4.78 is 0. The largest absolute Gasteiger partial charge is 0.256 e. The molecule has 0 aromatic heterocycles. The lowest BCUT2D eigenvalue weighted by Gasteiger charge is -2.04. The van der Waals surface area contributed by atoms with Crippen molar-refractivity contribution in [2.24, 2.45) is 0 Å². The van der Waals surface area contributed by atoms with Crippen molar-refractivity contribution in [2.45, 2.75) is 361 Å². The quantitative estimate of drug-likeness (QED) is 0.0540. The lowest BCUT2D eigenvalue weighted by atomic mass is 10.0. The minimum absolute atomic E-state index is 1.15. The minimum atomic E-state index is 1.15. The Bertz CT molecular complexity index is 1010. The molecule has 0 aromatic rings. The summed E-state index contributed by atoms with van der Waals surface area (Å²) in [5.74, 6) is 0. The predicted molar refractivity (Wildman–Crippen MR) is 297 cm³/mol. The number of hydrogen-bond donors (Lipinski definition) is 0. The molecule has 0 aromatic carbocycles. The molecular weight excluding hydrogens is 783 g/mol. The molecule has 0 unspecified atom stereocenters. The van der Waals surface area contributed by atoms with Crippen LogP contribution in [0.1, 0.15) is 361 Å². The molecule has 0 spiro atoms. The Balaban J connectivity index is 1.78. The summed E-state index contributed by atoms with van der Waals surface area (Å²) in [6.07, 6.45) is 91.6. The van der Waals surface area contributed by atoms with E-state index in [0.29, 0.717) is 0 Å². The molecule has 1 heterocycles. The highest BCUT2D eigenvalue weighted by Crippen LogP contribution is 2.20. The Morgan fingerprint density at radius 2 is 0.462 bits per heavy atom. The molecule has 1 nitrogen and oxygen atoms in total. The van der Waals surface area contributed by atoms with Gasteiger partial charge in [0.05, 0.1) is 5.70 Å². The molecule has 1 aliphatic rings. The van der Waals surface area contributed by atoms with Crippen LogP contribution in [0.15, 0.2) is 47.9 Å². The van der Waals surface area contributed by atoms with E-state index in [-0.39, 0.29) is 0 Å². The molecule has 0 N–H and O–H groups in total. The van der Waals surface area contributed by atoms with Crippen molar-refractivity contribution in [1.82, 2.24) is 5.32 Å². The van der Waals surface area contributed by atoms with Crippen molar-refractivity contribution in [3.8, 4) is 0 Å². The normalized spacial score (nSPS) is 12.9. The Hall–Kier alpha value is -1.24. The van der Waals surface area contributed by atoms with Crippen molar-refractivity contribution in [1.29, 1.82) is 0 Å². The molecule has 1 radical (unpaired) electrons. The van der Waals surface area contributed by atoms with Crippen LogP contribution in [0.3, 0.4) is 0 Å². The van der Waals surface area contributed by atoms with Gasteiger partial charge in [-0.25, -0.2) is 0 Å². The van der Waals surface area contributed by atoms with Crippen LogP contribution in [0, 0.1) is 0 Å². The summed E-state index contributed by atoms with van der Waals surface area (Å²) >= 11 is 0. The summed E-state index contributed by atoms with van der Waals surface area (Å²) in [5.41, 5.74) is 2.45. The molecule has 0 fully saturated rings. The number of unbranched alkanes of at least 4 members (excludes halogenated alkanes) is 52. The molecule has 0 atom stereocenters. The van der Waals surface area contributed by atoms with Crippen LogP contribution < -0.4 is 5.32 Å². The SMILES string of the molecule is CCCCCCCCCCCCCCCCCCCCCCCCCCCCC=CC1=C(C=CCCCCCCCCCCCCCCCCCCCCCCCCCCCC)[N]C=C1. The van der Waals surface area contributed by atoms with Gasteiger partial charge in [-0.3, -0.25) is 5.32 Å². The maximum Gasteiger partial charge on any atom is 0.0699 e. The van der Waals surface area contributed by atoms with Crippen LogP contribution in [0.2, 0.25) is 0 Å². The van der Waals surface area contributed by atoms with Crippen LogP contribution in [0.4, 0.5) is 0 Å². The second-order valence-electron chi connectivity index (χ2n) is 21.3. The van der Waals surface area contributed by atoms with Crippen molar-refractivity contribution in [3.05, 3.63) is 47.9 Å². The lowest BCUT2D eigenvalue weighted by molar-refractivity contribution is 0.515. The zero-order valence-corrected chi connectivity index (χ0v) is 45.1. The lowest BCUT2D eigenvalue weighted by Crippen LogP contribution is -1.89. The average Bonchev–Trinajstić information content (AvgIpc) is 3.77. The van der Waals surface area contributed by atoms with E-state index in [2.05, 4.69) is 49.5 Å². The monoisotopic (exact) mass is 903 g/mol. The molecule has 0 saturated carbocycles. The van der Waals surface area contributed by atoms with Crippen molar-refractivity contribution in [2.75, 3.05) is 0 Å². The third-order valence-corrected chi connectivity index (χ3v) is 14.8. The molecule has 0 saturated heterocycles. The predicted octanol–water partition coefficient (Wildman–Crippen LogP) is 23.6. The van der Waals surface area contributed by atoms with E-state index in [1.54, 1.807) is 0 Å². The van der Waals surface area contributed by atoms with Crippen molar-refractivity contribution in [3.63, 3.8) is 0 Å². The van der Waals surface area contributed by atoms with E-state index in [1.807, 2.05) is 6.20 Å². The standard InChI is InChI=1S/C64H120N/c1-3-5-7-9-11-13-15-17-19-21-23-25-27-29-31-33-35-37-39-41-43-45-47-49-51-53-55-57-59-63-61-62-65-64(63)60-58-56-54-52-50-48-46-44-42-40-38-36-34-32-30-28-26-24-22-20-18-16-14-12-10-8-6-4-2/h57-62H,3-56H2,1-2H3. The first kappa shape index (κ1) is 61.8. The fourth-order valence-electron chi connectivity index (χ4n) is 10.2. The van der Waals surface area contributed by atoms with Crippen LogP contribution in [0.25, 0.3) is 0 Å². The van der Waals surface area contributed by atoms with Crippen LogP contribution in [-0.4, -0.2) is 0 Å². The summed E-state index contributed by atoms with van der Waals surface area (Å²) in [4.78, 5) is 0. The molecule has 1 heteroatoms. The molecular formula is C64H120N. The van der Waals surface area contributed by atoms with Gasteiger partial charge in [0.25, 0.3) is 0 Å². The summed E-state index contributed by atoms with van der Waals surface area (Å²) in [5, 5.41) is 4.63. The van der Waals surface area contributed by atoms with E-state index >= 15 is 0 Å². The maximum atomic E-state index is 4.63. The molecule has 65 heavy (non-hydrogen) atoms. The molecule has 1 aliphatic heterocycles. The van der Waals surface area contributed by atoms with Crippen LogP contribution in [-0.2, 0) is 0 Å². The van der Waals surface area contributed by atoms with Gasteiger partial charge in [0.1, 0.15) is 0 Å². The summed E-state index contributed by atoms with van der Waals surface area (Å²) in [6, 6.07) is 0. The minimum Gasteiger partial charge on any atom is -0.256 e. The van der Waals surface area contributed by atoms with Gasteiger partial charge < -0.3 is 0 Å². The average molecular weight is 904 g/mol. The number of allylic oxidation sites excluding steroid dienone is 6. The Morgan fingerprint density at radius 1 is 0.262 bits per heavy atom. The molecule has 0 aliphatic carbocycles. The van der Waals surface area contributed by atoms with Gasteiger partial charge >= 0.3 is 0 Å². The van der Waals surface area contributed by atoms with Crippen molar-refractivity contribution < 1.29 is 0 Å². The highest BCUT2D eigenvalue weighted by molar-refractivity contribution is 5.44. The van der Waals surface area contributed by atoms with Gasteiger partial charge in [-0.05, 0) is 37.8 Å². The second kappa shape index (κ2) is 55.4. The third kappa shape index (κ3) is 49.0. The summed E-state index contributed by atoms with van der Waals surface area (Å²) in [6.45, 7) is 4.62. The fraction of sp³-hybridized carbons (Fsp3) is 0.875. The number of rotatable bonds is 56. The summed E-state index contributed by atoms with van der Waals surface area (Å²) in [7, 11) is 0. The first-order valence-electron chi connectivity index (χ1n) is 30.8. The van der Waals surface area contributed by atoms with E-state index in [1.165, 1.54) is 352 Å². The molecule has 1 rings (SSSR count). The van der Waals surface area contributed by atoms with Gasteiger partial charge in [0, 0.05) is 11.8 Å². The molecule has 381 valence electrons. The smallest absolute Gasteiger partial charge is 0.0699 e. The highest BCUT2D eigenvalue weighted by atomic mass is 14.9. The maximum absolute atomic E-state index is 4.63. The first-order chi connectivity index (χ1) is 32.4. The zero-order chi connectivity index (χ0) is 46.3. The Morgan fingerprint density at radius 3 is 0.692 bits per heavy atom. The highest BCUT2D eigenvalue weighted by Gasteiger charge is 2.05. The second-order valence-corrected chi connectivity index (χ2v) is 21.3. The van der Waals surface area contributed by atoms with E-state index in [4.69, 9.17) is 0 Å². The van der Waals surface area contributed by atoms with E-state index < -0.39 is 0 Å². The first-order valence-corrected chi connectivity index (χ1v) is 30.8. The topological polar surface area (TPSA) is 14.1 Å². The third-order valence-electron chi connectivity index (χ3n) is 14.8.